The van der Waals surface area contributed by atoms with Gasteiger partial charge in [0.15, 0.2) is 6.10 Å². The van der Waals surface area contributed by atoms with E-state index in [4.69, 9.17) is 4.74 Å². The molecule has 1 saturated heterocycles. The fourth-order valence-corrected chi connectivity index (χ4v) is 3.39. The van der Waals surface area contributed by atoms with Gasteiger partial charge in [0.25, 0.3) is 5.91 Å². The van der Waals surface area contributed by atoms with E-state index in [9.17, 15) is 9.59 Å². The van der Waals surface area contributed by atoms with Crippen molar-refractivity contribution in [2.75, 3.05) is 31.1 Å². The number of benzene rings is 2. The quantitative estimate of drug-likeness (QED) is 0.594. The topological polar surface area (TPSA) is 93.4 Å². The number of tetrazole rings is 1. The maximum absolute atomic E-state index is 12.7. The van der Waals surface area contributed by atoms with Crippen LogP contribution in [0.5, 0.6) is 0 Å². The highest BCUT2D eigenvalue weighted by molar-refractivity contribution is 5.92. The highest BCUT2D eigenvalue weighted by Gasteiger charge is 2.27. The Labute approximate surface area is 173 Å². The number of hydrogen-bond acceptors (Lipinski definition) is 7. The van der Waals surface area contributed by atoms with Crippen LogP contribution in [0, 0.1) is 0 Å². The minimum absolute atomic E-state index is 0.179. The number of carbonyl (C=O) groups is 2. The molecule has 1 aromatic heterocycles. The first-order chi connectivity index (χ1) is 14.6. The molecule has 1 atom stereocenters. The predicted octanol–water partition coefficient (Wildman–Crippen LogP) is 1.56. The summed E-state index contributed by atoms with van der Waals surface area (Å²) in [5.74, 6) is -0.719. The summed E-state index contributed by atoms with van der Waals surface area (Å²) < 4.78 is 6.89. The number of ether oxygens (including phenoxy) is 1. The molecule has 0 saturated carbocycles. The summed E-state index contributed by atoms with van der Waals surface area (Å²) in [5.41, 5.74) is 2.23. The van der Waals surface area contributed by atoms with Crippen LogP contribution < -0.4 is 4.90 Å². The summed E-state index contributed by atoms with van der Waals surface area (Å²) in [6, 6.07) is 16.8. The van der Waals surface area contributed by atoms with Gasteiger partial charge in [0.05, 0.1) is 11.3 Å². The number of rotatable bonds is 5. The van der Waals surface area contributed by atoms with Gasteiger partial charge in [-0.3, -0.25) is 4.79 Å². The average Bonchev–Trinajstić information content (AvgIpc) is 3.34. The van der Waals surface area contributed by atoms with Crippen LogP contribution in [0.25, 0.3) is 5.69 Å². The Bertz CT molecular complexity index is 983. The summed E-state index contributed by atoms with van der Waals surface area (Å²) in [7, 11) is 0. The third kappa shape index (κ3) is 4.29. The van der Waals surface area contributed by atoms with E-state index in [1.54, 1.807) is 36.1 Å². The van der Waals surface area contributed by atoms with E-state index in [1.165, 1.54) is 11.0 Å². The van der Waals surface area contributed by atoms with Crippen LogP contribution in [-0.2, 0) is 9.53 Å². The van der Waals surface area contributed by atoms with Crippen LogP contribution >= 0.6 is 0 Å². The lowest BCUT2D eigenvalue weighted by Crippen LogP contribution is -2.51. The Morgan fingerprint density at radius 2 is 1.63 bits per heavy atom. The summed E-state index contributed by atoms with van der Waals surface area (Å²) in [5, 5.41) is 10.9. The van der Waals surface area contributed by atoms with Crippen molar-refractivity contribution in [1.82, 2.24) is 25.1 Å². The Morgan fingerprint density at radius 3 is 2.27 bits per heavy atom. The van der Waals surface area contributed by atoms with Crippen LogP contribution in [0.2, 0.25) is 0 Å². The normalized spacial score (nSPS) is 15.0. The summed E-state index contributed by atoms with van der Waals surface area (Å²) in [6.07, 6.45) is 0.617. The van der Waals surface area contributed by atoms with Gasteiger partial charge < -0.3 is 14.5 Å². The van der Waals surface area contributed by atoms with Crippen LogP contribution in [0.15, 0.2) is 60.9 Å². The van der Waals surface area contributed by atoms with Crippen molar-refractivity contribution >= 4 is 17.6 Å². The second-order valence-corrected chi connectivity index (χ2v) is 7.00. The fraction of sp³-hybridized carbons (Fsp3) is 0.286. The Morgan fingerprint density at radius 1 is 0.933 bits per heavy atom. The number of para-hydroxylation sites is 1. The first kappa shape index (κ1) is 19.6. The molecule has 0 N–H and O–H groups in total. The molecule has 9 nitrogen and oxygen atoms in total. The third-order valence-corrected chi connectivity index (χ3v) is 5.06. The van der Waals surface area contributed by atoms with Crippen molar-refractivity contribution in [3.63, 3.8) is 0 Å². The molecule has 1 amide bonds. The molecule has 0 aliphatic carbocycles. The van der Waals surface area contributed by atoms with Gasteiger partial charge in [0.2, 0.25) is 0 Å². The summed E-state index contributed by atoms with van der Waals surface area (Å²) in [4.78, 5) is 29.1. The van der Waals surface area contributed by atoms with Crippen LogP contribution in [0.1, 0.15) is 17.3 Å². The molecule has 1 aliphatic heterocycles. The number of anilines is 1. The first-order valence-corrected chi connectivity index (χ1v) is 9.75. The molecular weight excluding hydrogens is 384 g/mol. The van der Waals surface area contributed by atoms with Crippen molar-refractivity contribution in [3.8, 4) is 5.69 Å². The van der Waals surface area contributed by atoms with Crippen molar-refractivity contribution in [1.29, 1.82) is 0 Å². The molecule has 1 aliphatic rings. The van der Waals surface area contributed by atoms with E-state index in [1.807, 2.05) is 18.2 Å². The third-order valence-electron chi connectivity index (χ3n) is 5.06. The monoisotopic (exact) mass is 406 g/mol. The van der Waals surface area contributed by atoms with E-state index in [2.05, 4.69) is 32.6 Å². The van der Waals surface area contributed by atoms with Crippen LogP contribution in [-0.4, -0.2) is 69.3 Å². The standard InChI is InChI=1S/C21H22N6O3/c1-16(20(28)26-13-11-25(12-14-26)18-5-3-2-4-6-18)30-21(29)17-7-9-19(10-8-17)27-15-22-23-24-27/h2-10,15-16H,11-14H2,1H3/t16-/m0/s1. The zero-order chi connectivity index (χ0) is 20.9. The Balaban J connectivity index is 1.30. The number of carbonyl (C=O) groups excluding carboxylic acids is 2. The second kappa shape index (κ2) is 8.73. The van der Waals surface area contributed by atoms with Gasteiger partial charge in [-0.05, 0) is 53.7 Å². The van der Waals surface area contributed by atoms with E-state index < -0.39 is 12.1 Å². The molecule has 3 aromatic rings. The van der Waals surface area contributed by atoms with Gasteiger partial charge in [-0.15, -0.1) is 5.10 Å². The van der Waals surface area contributed by atoms with Gasteiger partial charge in [-0.1, -0.05) is 18.2 Å². The SMILES string of the molecule is C[C@H](OC(=O)c1ccc(-n2cnnn2)cc1)C(=O)N1CCN(c2ccccc2)CC1. The average molecular weight is 406 g/mol. The maximum Gasteiger partial charge on any atom is 0.338 e. The molecule has 9 heteroatoms. The lowest BCUT2D eigenvalue weighted by Gasteiger charge is -2.37. The molecule has 30 heavy (non-hydrogen) atoms. The molecule has 2 heterocycles. The molecule has 0 spiro atoms. The highest BCUT2D eigenvalue weighted by Crippen LogP contribution is 2.17. The molecule has 0 bridgehead atoms. The summed E-state index contributed by atoms with van der Waals surface area (Å²) >= 11 is 0. The van der Waals surface area contributed by atoms with Gasteiger partial charge >= 0.3 is 5.97 Å². The Kier molecular flexibility index (Phi) is 5.69. The molecule has 0 radical (unpaired) electrons. The van der Waals surface area contributed by atoms with Crippen LogP contribution in [0.4, 0.5) is 5.69 Å². The van der Waals surface area contributed by atoms with Crippen molar-refractivity contribution in [2.24, 2.45) is 0 Å². The number of esters is 1. The molecule has 4 rings (SSSR count). The van der Waals surface area contributed by atoms with Crippen LogP contribution in [0.3, 0.4) is 0 Å². The van der Waals surface area contributed by atoms with Crippen molar-refractivity contribution in [2.45, 2.75) is 13.0 Å². The number of aromatic nitrogens is 4. The molecule has 2 aromatic carbocycles. The van der Waals surface area contributed by atoms with Crippen molar-refractivity contribution < 1.29 is 14.3 Å². The smallest absolute Gasteiger partial charge is 0.338 e. The van der Waals surface area contributed by atoms with E-state index in [0.29, 0.717) is 18.7 Å². The van der Waals surface area contributed by atoms with Gasteiger partial charge in [-0.2, -0.15) is 0 Å². The lowest BCUT2D eigenvalue weighted by atomic mass is 10.2. The van der Waals surface area contributed by atoms with E-state index >= 15 is 0 Å². The van der Waals surface area contributed by atoms with E-state index in [0.717, 1.165) is 24.5 Å². The minimum atomic E-state index is -0.847. The van der Waals surface area contributed by atoms with Gasteiger partial charge in [0.1, 0.15) is 6.33 Å². The minimum Gasteiger partial charge on any atom is -0.449 e. The van der Waals surface area contributed by atoms with Gasteiger partial charge in [-0.25, -0.2) is 9.48 Å². The largest absolute Gasteiger partial charge is 0.449 e. The van der Waals surface area contributed by atoms with Gasteiger partial charge in [0, 0.05) is 31.9 Å². The Hall–Kier alpha value is -3.75. The number of piperazine rings is 1. The number of nitrogens with zero attached hydrogens (tertiary/aromatic N) is 6. The fourth-order valence-electron chi connectivity index (χ4n) is 3.39. The zero-order valence-electron chi connectivity index (χ0n) is 16.6. The molecule has 1 fully saturated rings. The molecule has 0 unspecified atom stereocenters. The first-order valence-electron chi connectivity index (χ1n) is 9.75. The summed E-state index contributed by atoms with van der Waals surface area (Å²) in [6.45, 7) is 4.29. The highest BCUT2D eigenvalue weighted by atomic mass is 16.5. The predicted molar refractivity (Wildman–Crippen MR) is 109 cm³/mol. The lowest BCUT2D eigenvalue weighted by molar-refractivity contribution is -0.140. The number of amides is 1. The zero-order valence-corrected chi connectivity index (χ0v) is 16.6. The van der Waals surface area contributed by atoms with Crippen molar-refractivity contribution in [3.05, 3.63) is 66.5 Å². The number of hydrogen-bond donors (Lipinski definition) is 0. The molecular formula is C21H22N6O3. The maximum atomic E-state index is 12.7. The second-order valence-electron chi connectivity index (χ2n) is 7.00. The van der Waals surface area contributed by atoms with E-state index in [-0.39, 0.29) is 5.91 Å². The molecule has 154 valence electrons.